The highest BCUT2D eigenvalue weighted by Gasteiger charge is 2.27. The number of nitrogens with one attached hydrogen (secondary N) is 1. The Hall–Kier alpha value is -3.67. The molecule has 5 rings (SSSR count). The summed E-state index contributed by atoms with van der Waals surface area (Å²) in [6.45, 7) is 1.90. The predicted molar refractivity (Wildman–Crippen MR) is 119 cm³/mol. The fourth-order valence-electron chi connectivity index (χ4n) is 4.08. The van der Waals surface area contributed by atoms with Crippen LogP contribution < -0.4 is 4.74 Å². The van der Waals surface area contributed by atoms with Crippen LogP contribution in [0.3, 0.4) is 0 Å². The lowest BCUT2D eigenvalue weighted by atomic mass is 9.96. The molecule has 6 nitrogen and oxygen atoms in total. The number of ether oxygens (including phenoxy) is 1. The maximum absolute atomic E-state index is 13.1. The van der Waals surface area contributed by atoms with E-state index in [0.29, 0.717) is 18.7 Å². The maximum Gasteiger partial charge on any atom is 0.253 e. The molecule has 1 aliphatic rings. The van der Waals surface area contributed by atoms with Gasteiger partial charge < -0.3 is 14.6 Å². The summed E-state index contributed by atoms with van der Waals surface area (Å²) in [5.41, 5.74) is 3.71. The van der Waals surface area contributed by atoms with Crippen LogP contribution in [-0.2, 0) is 6.61 Å². The number of carbonyl (C=O) groups excluding carboxylic acids is 1. The molecule has 31 heavy (non-hydrogen) atoms. The van der Waals surface area contributed by atoms with Crippen molar-refractivity contribution in [2.45, 2.75) is 25.4 Å². The zero-order valence-corrected chi connectivity index (χ0v) is 17.2. The Bertz CT molecular complexity index is 1140. The molecule has 1 unspecified atom stereocenters. The normalized spacial score (nSPS) is 16.4. The number of H-pyrrole nitrogens is 1. The van der Waals surface area contributed by atoms with E-state index in [-0.39, 0.29) is 11.8 Å². The van der Waals surface area contributed by atoms with Gasteiger partial charge in [-0.3, -0.25) is 9.78 Å². The van der Waals surface area contributed by atoms with Gasteiger partial charge in [-0.05, 0) is 55.3 Å². The summed E-state index contributed by atoms with van der Waals surface area (Å²) in [5, 5.41) is 0. The zero-order valence-electron chi connectivity index (χ0n) is 17.2. The lowest BCUT2D eigenvalue weighted by Gasteiger charge is -2.32. The van der Waals surface area contributed by atoms with Gasteiger partial charge in [-0.15, -0.1) is 0 Å². The Balaban J connectivity index is 1.24. The van der Waals surface area contributed by atoms with Crippen molar-refractivity contribution < 1.29 is 9.53 Å². The van der Waals surface area contributed by atoms with Gasteiger partial charge in [0.15, 0.2) is 0 Å². The second-order valence-corrected chi connectivity index (χ2v) is 7.90. The number of aromatic amines is 1. The SMILES string of the molecule is O=C(c1ccc(OCc2cccnc2)cc1)N1CCCC(c2nc3ccccc3[nH]2)C1. The highest BCUT2D eigenvalue weighted by Crippen LogP contribution is 2.28. The first-order valence-corrected chi connectivity index (χ1v) is 10.6. The van der Waals surface area contributed by atoms with Crippen LogP contribution in [-0.4, -0.2) is 38.8 Å². The molecule has 1 N–H and O–H groups in total. The molecular formula is C25H24N4O2. The molecule has 0 bridgehead atoms. The van der Waals surface area contributed by atoms with Gasteiger partial charge >= 0.3 is 0 Å². The summed E-state index contributed by atoms with van der Waals surface area (Å²) < 4.78 is 5.80. The van der Waals surface area contributed by atoms with Crippen molar-refractivity contribution in [1.29, 1.82) is 0 Å². The third-order valence-electron chi connectivity index (χ3n) is 5.73. The van der Waals surface area contributed by atoms with Gasteiger partial charge in [-0.1, -0.05) is 18.2 Å². The molecule has 1 saturated heterocycles. The fourth-order valence-corrected chi connectivity index (χ4v) is 4.08. The van der Waals surface area contributed by atoms with Crippen molar-refractivity contribution in [2.75, 3.05) is 13.1 Å². The second kappa shape index (κ2) is 8.60. The van der Waals surface area contributed by atoms with Crippen LogP contribution in [0.15, 0.2) is 73.1 Å². The maximum atomic E-state index is 13.1. The monoisotopic (exact) mass is 412 g/mol. The summed E-state index contributed by atoms with van der Waals surface area (Å²) in [4.78, 5) is 27.3. The van der Waals surface area contributed by atoms with Crippen LogP contribution in [0, 0.1) is 0 Å². The third-order valence-corrected chi connectivity index (χ3v) is 5.73. The van der Waals surface area contributed by atoms with Crippen LogP contribution in [0.5, 0.6) is 5.75 Å². The van der Waals surface area contributed by atoms with Gasteiger partial charge in [-0.25, -0.2) is 4.98 Å². The number of rotatable bonds is 5. The number of para-hydroxylation sites is 2. The van der Waals surface area contributed by atoms with Crippen LogP contribution in [0.4, 0.5) is 0 Å². The summed E-state index contributed by atoms with van der Waals surface area (Å²) in [5.74, 6) is 1.99. The summed E-state index contributed by atoms with van der Waals surface area (Å²) in [6, 6.07) is 19.3. The number of benzene rings is 2. The molecule has 0 saturated carbocycles. The van der Waals surface area contributed by atoms with Crippen molar-refractivity contribution in [2.24, 2.45) is 0 Å². The fraction of sp³-hybridized carbons (Fsp3) is 0.240. The Morgan fingerprint density at radius 1 is 1.10 bits per heavy atom. The van der Waals surface area contributed by atoms with E-state index >= 15 is 0 Å². The lowest BCUT2D eigenvalue weighted by molar-refractivity contribution is 0.0705. The van der Waals surface area contributed by atoms with Crippen molar-refractivity contribution in [1.82, 2.24) is 19.9 Å². The van der Waals surface area contributed by atoms with Gasteiger partial charge in [0, 0.05) is 42.5 Å². The number of hydrogen-bond acceptors (Lipinski definition) is 4. The molecule has 1 aliphatic heterocycles. The smallest absolute Gasteiger partial charge is 0.253 e. The number of imidazole rings is 1. The van der Waals surface area contributed by atoms with Gasteiger partial charge in [0.25, 0.3) is 5.91 Å². The second-order valence-electron chi connectivity index (χ2n) is 7.90. The van der Waals surface area contributed by atoms with Crippen molar-refractivity contribution >= 4 is 16.9 Å². The van der Waals surface area contributed by atoms with Crippen LogP contribution >= 0.6 is 0 Å². The number of piperidine rings is 1. The highest BCUT2D eigenvalue weighted by molar-refractivity contribution is 5.94. The number of nitrogens with zero attached hydrogens (tertiary/aromatic N) is 3. The molecule has 2 aromatic heterocycles. The third kappa shape index (κ3) is 4.28. The Kier molecular flexibility index (Phi) is 5.35. The number of pyridine rings is 1. The van der Waals surface area contributed by atoms with Crippen LogP contribution in [0.1, 0.15) is 40.5 Å². The number of hydrogen-bond donors (Lipinski definition) is 1. The molecule has 1 atom stereocenters. The van der Waals surface area contributed by atoms with Gasteiger partial charge in [-0.2, -0.15) is 0 Å². The van der Waals surface area contributed by atoms with E-state index in [1.54, 1.807) is 12.4 Å². The number of likely N-dealkylation sites (tertiary alicyclic amines) is 1. The Morgan fingerprint density at radius 2 is 1.97 bits per heavy atom. The standard InChI is InChI=1S/C25H24N4O2/c30-25(19-9-11-21(12-10-19)31-17-18-5-3-13-26-15-18)29-14-4-6-20(16-29)24-27-22-7-1-2-8-23(22)28-24/h1-3,5,7-13,15,20H,4,6,14,16-17H2,(H,27,28). The minimum atomic E-state index is 0.0552. The lowest BCUT2D eigenvalue weighted by Crippen LogP contribution is -2.39. The molecule has 1 amide bonds. The number of aromatic nitrogens is 3. The van der Waals surface area contributed by atoms with Crippen molar-refractivity contribution in [3.8, 4) is 5.75 Å². The molecule has 0 radical (unpaired) electrons. The molecule has 2 aromatic carbocycles. The first kappa shape index (κ1) is 19.3. The quantitative estimate of drug-likeness (QED) is 0.522. The molecule has 4 aromatic rings. The largest absolute Gasteiger partial charge is 0.489 e. The molecule has 1 fully saturated rings. The topological polar surface area (TPSA) is 71.1 Å². The van der Waals surface area contributed by atoms with E-state index in [2.05, 4.69) is 9.97 Å². The summed E-state index contributed by atoms with van der Waals surface area (Å²) >= 11 is 0. The van der Waals surface area contributed by atoms with Crippen molar-refractivity contribution in [3.05, 3.63) is 90.0 Å². The number of fused-ring (bicyclic) bond motifs is 1. The first-order chi connectivity index (χ1) is 15.3. The van der Waals surface area contributed by atoms with E-state index in [0.717, 1.165) is 47.6 Å². The average molecular weight is 412 g/mol. The van der Waals surface area contributed by atoms with Gasteiger partial charge in [0.2, 0.25) is 0 Å². The molecule has 0 aliphatic carbocycles. The van der Waals surface area contributed by atoms with E-state index in [1.165, 1.54) is 0 Å². The van der Waals surface area contributed by atoms with Crippen molar-refractivity contribution in [3.63, 3.8) is 0 Å². The Morgan fingerprint density at radius 3 is 2.77 bits per heavy atom. The average Bonchev–Trinajstić information content (AvgIpc) is 3.28. The van der Waals surface area contributed by atoms with E-state index in [9.17, 15) is 4.79 Å². The van der Waals surface area contributed by atoms with E-state index < -0.39 is 0 Å². The Labute approximate surface area is 180 Å². The molecule has 3 heterocycles. The highest BCUT2D eigenvalue weighted by atomic mass is 16.5. The molecule has 6 heteroatoms. The molecule has 156 valence electrons. The van der Waals surface area contributed by atoms with E-state index in [4.69, 9.17) is 9.72 Å². The number of amides is 1. The van der Waals surface area contributed by atoms with Crippen LogP contribution in [0.2, 0.25) is 0 Å². The minimum absolute atomic E-state index is 0.0552. The van der Waals surface area contributed by atoms with Crippen LogP contribution in [0.25, 0.3) is 11.0 Å². The predicted octanol–water partition coefficient (Wildman–Crippen LogP) is 4.56. The summed E-state index contributed by atoms with van der Waals surface area (Å²) in [6.07, 6.45) is 5.53. The first-order valence-electron chi connectivity index (χ1n) is 10.6. The zero-order chi connectivity index (χ0) is 21.0. The molecule has 0 spiro atoms. The van der Waals surface area contributed by atoms with Gasteiger partial charge in [0.1, 0.15) is 18.2 Å². The van der Waals surface area contributed by atoms with Gasteiger partial charge in [0.05, 0.1) is 11.0 Å². The number of carbonyl (C=O) groups is 1. The van der Waals surface area contributed by atoms with E-state index in [1.807, 2.05) is 65.6 Å². The summed E-state index contributed by atoms with van der Waals surface area (Å²) in [7, 11) is 0. The molecular weight excluding hydrogens is 388 g/mol. The minimum Gasteiger partial charge on any atom is -0.489 e.